The van der Waals surface area contributed by atoms with Gasteiger partial charge in [-0.1, -0.05) is 68.4 Å². The average Bonchev–Trinajstić information content (AvgIpc) is 2.78. The summed E-state index contributed by atoms with van der Waals surface area (Å²) in [5.74, 6) is 2.76. The van der Waals surface area contributed by atoms with Crippen LogP contribution in [0.1, 0.15) is 67.0 Å². The predicted octanol–water partition coefficient (Wildman–Crippen LogP) is 5.65. The van der Waals surface area contributed by atoms with Crippen LogP contribution in [0.15, 0.2) is 60.7 Å². The monoisotopic (exact) mass is 384 g/mol. The number of hydrogen-bond donors (Lipinski definition) is 1. The third kappa shape index (κ3) is 3.48. The lowest BCUT2D eigenvalue weighted by atomic mass is 9.75. The van der Waals surface area contributed by atoms with E-state index in [9.17, 15) is 0 Å². The molecule has 1 aromatic heterocycles. The summed E-state index contributed by atoms with van der Waals surface area (Å²) in [6.45, 7) is 6.18. The highest BCUT2D eigenvalue weighted by atomic mass is 15.3. The number of piperidine rings is 1. The Balaban J connectivity index is 1.46. The average molecular weight is 385 g/mol. The Morgan fingerprint density at radius 2 is 1.72 bits per heavy atom. The van der Waals surface area contributed by atoms with E-state index in [2.05, 4.69) is 78.7 Å². The molecule has 4 heteroatoms. The molecule has 4 nitrogen and oxygen atoms in total. The summed E-state index contributed by atoms with van der Waals surface area (Å²) in [6, 6.07) is 22.0. The molecule has 0 amide bonds. The molecule has 1 saturated heterocycles. The first-order valence-electron chi connectivity index (χ1n) is 10.7. The number of fused-ring (bicyclic) bond motifs is 2. The van der Waals surface area contributed by atoms with Gasteiger partial charge < -0.3 is 10.2 Å². The van der Waals surface area contributed by atoms with Gasteiger partial charge in [0.15, 0.2) is 0 Å². The zero-order valence-electron chi connectivity index (χ0n) is 17.2. The number of benzene rings is 2. The van der Waals surface area contributed by atoms with Crippen molar-refractivity contribution >= 4 is 11.8 Å². The van der Waals surface area contributed by atoms with Gasteiger partial charge in [-0.05, 0) is 35.4 Å². The highest BCUT2D eigenvalue weighted by molar-refractivity contribution is 5.53. The second kappa shape index (κ2) is 7.51. The SMILES string of the molecule is CC(C)c1cc(N2C[C@H]3CC[C@H]2c2ccccc23)nc(NCc2ccccc2)n1. The largest absolute Gasteiger partial charge is 0.350 e. The summed E-state index contributed by atoms with van der Waals surface area (Å²) in [5.41, 5.74) is 5.36. The molecule has 2 bridgehead atoms. The Labute approximate surface area is 173 Å². The molecular weight excluding hydrogens is 356 g/mol. The quantitative estimate of drug-likeness (QED) is 0.617. The van der Waals surface area contributed by atoms with Gasteiger partial charge in [0.25, 0.3) is 0 Å². The van der Waals surface area contributed by atoms with Crippen LogP contribution in [-0.4, -0.2) is 16.5 Å². The number of hydrogen-bond acceptors (Lipinski definition) is 4. The van der Waals surface area contributed by atoms with Gasteiger partial charge in [0.05, 0.1) is 11.7 Å². The molecular formula is C25H28N4. The van der Waals surface area contributed by atoms with Crippen LogP contribution < -0.4 is 10.2 Å². The molecule has 0 radical (unpaired) electrons. The Morgan fingerprint density at radius 1 is 0.966 bits per heavy atom. The molecule has 3 aliphatic rings. The fraction of sp³-hybridized carbons (Fsp3) is 0.360. The summed E-state index contributed by atoms with van der Waals surface area (Å²) >= 11 is 0. The van der Waals surface area contributed by atoms with Crippen LogP contribution in [0, 0.1) is 0 Å². The third-order valence-electron chi connectivity index (χ3n) is 6.29. The number of aromatic nitrogens is 2. The van der Waals surface area contributed by atoms with Gasteiger partial charge in [-0.25, -0.2) is 4.98 Å². The third-order valence-corrected chi connectivity index (χ3v) is 6.29. The molecule has 2 atom stereocenters. The number of rotatable bonds is 5. The molecule has 0 spiro atoms. The molecule has 29 heavy (non-hydrogen) atoms. The van der Waals surface area contributed by atoms with E-state index < -0.39 is 0 Å². The molecule has 1 N–H and O–H groups in total. The minimum atomic E-state index is 0.364. The van der Waals surface area contributed by atoms with E-state index in [0.717, 1.165) is 30.5 Å². The van der Waals surface area contributed by atoms with Crippen molar-refractivity contribution in [1.82, 2.24) is 9.97 Å². The van der Waals surface area contributed by atoms with E-state index in [1.54, 1.807) is 5.56 Å². The van der Waals surface area contributed by atoms with Crippen LogP contribution in [0.25, 0.3) is 0 Å². The Kier molecular flexibility index (Phi) is 4.70. The van der Waals surface area contributed by atoms with E-state index in [1.165, 1.54) is 24.0 Å². The number of nitrogens with zero attached hydrogens (tertiary/aromatic N) is 3. The van der Waals surface area contributed by atoms with Crippen molar-refractivity contribution in [3.63, 3.8) is 0 Å². The molecule has 0 saturated carbocycles. The zero-order chi connectivity index (χ0) is 19.8. The first-order valence-corrected chi connectivity index (χ1v) is 10.7. The minimum absolute atomic E-state index is 0.364. The van der Waals surface area contributed by atoms with Gasteiger partial charge in [0, 0.05) is 25.1 Å². The van der Waals surface area contributed by atoms with E-state index in [0.29, 0.717) is 17.9 Å². The lowest BCUT2D eigenvalue weighted by Crippen LogP contribution is -2.43. The van der Waals surface area contributed by atoms with Crippen LogP contribution in [0.2, 0.25) is 0 Å². The summed E-state index contributed by atoms with van der Waals surface area (Å²) in [4.78, 5) is 12.3. The molecule has 0 unspecified atom stereocenters. The van der Waals surface area contributed by atoms with Crippen molar-refractivity contribution < 1.29 is 0 Å². The summed E-state index contributed by atoms with van der Waals surface area (Å²) < 4.78 is 0. The van der Waals surface area contributed by atoms with E-state index >= 15 is 0 Å². The first-order chi connectivity index (χ1) is 14.2. The molecule has 148 valence electrons. The lowest BCUT2D eigenvalue weighted by Gasteiger charge is -2.47. The van der Waals surface area contributed by atoms with E-state index in [-0.39, 0.29) is 0 Å². The second-order valence-corrected chi connectivity index (χ2v) is 8.54. The molecule has 6 rings (SSSR count). The first kappa shape index (κ1) is 18.2. The summed E-state index contributed by atoms with van der Waals surface area (Å²) in [7, 11) is 0. The normalized spacial score (nSPS) is 20.0. The van der Waals surface area contributed by atoms with Crippen LogP contribution in [0.3, 0.4) is 0 Å². The maximum absolute atomic E-state index is 4.95. The summed E-state index contributed by atoms with van der Waals surface area (Å²) in [6.07, 6.45) is 2.48. The van der Waals surface area contributed by atoms with Crippen molar-refractivity contribution in [2.24, 2.45) is 0 Å². The minimum Gasteiger partial charge on any atom is -0.350 e. The van der Waals surface area contributed by atoms with Crippen LogP contribution >= 0.6 is 0 Å². The van der Waals surface area contributed by atoms with Gasteiger partial charge in [-0.3, -0.25) is 0 Å². The van der Waals surface area contributed by atoms with Crippen LogP contribution in [0.4, 0.5) is 11.8 Å². The van der Waals surface area contributed by atoms with Gasteiger partial charge >= 0.3 is 0 Å². The topological polar surface area (TPSA) is 41.1 Å². The number of nitrogens with one attached hydrogen (secondary N) is 1. The lowest BCUT2D eigenvalue weighted by molar-refractivity contribution is 0.387. The van der Waals surface area contributed by atoms with Crippen molar-refractivity contribution in [2.45, 2.75) is 51.1 Å². The fourth-order valence-electron chi connectivity index (χ4n) is 4.74. The molecule has 2 aliphatic heterocycles. The maximum atomic E-state index is 4.95. The Hall–Kier alpha value is -2.88. The van der Waals surface area contributed by atoms with E-state index in [1.807, 2.05) is 6.07 Å². The number of anilines is 2. The molecule has 3 aromatic rings. The van der Waals surface area contributed by atoms with Crippen molar-refractivity contribution in [1.29, 1.82) is 0 Å². The van der Waals surface area contributed by atoms with E-state index in [4.69, 9.17) is 9.97 Å². The molecule has 1 aliphatic carbocycles. The zero-order valence-corrected chi connectivity index (χ0v) is 17.2. The van der Waals surface area contributed by atoms with Gasteiger partial charge in [-0.15, -0.1) is 0 Å². The molecule has 3 heterocycles. The highest BCUT2D eigenvalue weighted by Crippen LogP contribution is 2.48. The highest BCUT2D eigenvalue weighted by Gasteiger charge is 2.38. The fourth-order valence-corrected chi connectivity index (χ4v) is 4.74. The van der Waals surface area contributed by atoms with Gasteiger partial charge in [0.2, 0.25) is 5.95 Å². The van der Waals surface area contributed by atoms with Gasteiger partial charge in [-0.2, -0.15) is 4.98 Å². The Morgan fingerprint density at radius 3 is 2.52 bits per heavy atom. The maximum Gasteiger partial charge on any atom is 0.225 e. The van der Waals surface area contributed by atoms with Gasteiger partial charge in [0.1, 0.15) is 5.82 Å². The standard InChI is InChI=1S/C25H28N4/c1-17(2)22-14-24(28-25(27-22)26-15-18-8-4-3-5-9-18)29-16-19-12-13-23(29)21-11-7-6-10-20(19)21/h3-11,14,17,19,23H,12-13,15-16H2,1-2H3,(H,26,27,28)/t19-,23+/m1/s1. The van der Waals surface area contributed by atoms with Crippen molar-refractivity contribution in [3.8, 4) is 0 Å². The second-order valence-electron chi connectivity index (χ2n) is 8.54. The van der Waals surface area contributed by atoms with Crippen molar-refractivity contribution in [2.75, 3.05) is 16.8 Å². The van der Waals surface area contributed by atoms with Crippen LogP contribution in [-0.2, 0) is 6.54 Å². The van der Waals surface area contributed by atoms with Crippen LogP contribution in [0.5, 0.6) is 0 Å². The smallest absolute Gasteiger partial charge is 0.225 e. The Bertz CT molecular complexity index is 999. The molecule has 2 aromatic carbocycles. The molecule has 1 fully saturated rings. The summed E-state index contributed by atoms with van der Waals surface area (Å²) in [5, 5.41) is 3.45. The predicted molar refractivity (Wildman–Crippen MR) is 118 cm³/mol. The van der Waals surface area contributed by atoms with Crippen molar-refractivity contribution in [3.05, 3.63) is 83.0 Å².